The van der Waals surface area contributed by atoms with Crippen LogP contribution < -0.4 is 16.4 Å². The third-order valence-electron chi connectivity index (χ3n) is 1.52. The number of aromatic nitrogens is 2. The number of carbonyl (C=O) groups excluding carboxylic acids is 1. The van der Waals surface area contributed by atoms with Crippen LogP contribution in [-0.4, -0.2) is 48.3 Å². The van der Waals surface area contributed by atoms with Crippen LogP contribution in [0.25, 0.3) is 0 Å². The average molecular weight is 214 g/mol. The molecule has 0 fully saturated rings. The molecule has 1 aromatic rings. The molecule has 0 radical (unpaired) electrons. The normalized spacial score (nSPS) is 9.73. The zero-order valence-electron chi connectivity index (χ0n) is 8.65. The molecule has 0 aliphatic rings. The van der Waals surface area contributed by atoms with Crippen molar-refractivity contribution in [2.24, 2.45) is 0 Å². The number of nitrogens with one attached hydrogen (secondary N) is 2. The fourth-order valence-electron chi connectivity index (χ4n) is 0.803. The molecule has 84 valence electrons. The summed E-state index contributed by atoms with van der Waals surface area (Å²) in [6, 6.07) is 0.100. The molecule has 0 saturated carbocycles. The van der Waals surface area contributed by atoms with Crippen LogP contribution in [0.4, 0.5) is 16.8 Å². The summed E-state index contributed by atoms with van der Waals surface area (Å²) in [5.41, 5.74) is 5.21. The molecule has 0 bridgehead atoms. The summed E-state index contributed by atoms with van der Waals surface area (Å²) in [5.74, 6) is 0. The van der Waals surface area contributed by atoms with Crippen molar-refractivity contribution in [2.75, 3.05) is 38.2 Å². The van der Waals surface area contributed by atoms with E-state index in [1.54, 1.807) is 14.1 Å². The van der Waals surface area contributed by atoms with Crippen LogP contribution >= 0.6 is 0 Å². The Morgan fingerprint density at radius 3 is 2.73 bits per heavy atom. The van der Waals surface area contributed by atoms with Crippen molar-refractivity contribution in [1.82, 2.24) is 20.4 Å². The van der Waals surface area contributed by atoms with Gasteiger partial charge < -0.3 is 25.7 Å². The lowest BCUT2D eigenvalue weighted by atomic mass is 10.6. The van der Waals surface area contributed by atoms with Crippen LogP contribution in [0.5, 0.6) is 0 Å². The number of nitrogen functional groups attached to an aromatic ring is 1. The molecular weight excluding hydrogens is 200 g/mol. The fraction of sp³-hybridized carbons (Fsp3) is 0.571. The maximum absolute atomic E-state index is 11.1. The Balaban J connectivity index is 2.15. The van der Waals surface area contributed by atoms with Gasteiger partial charge in [0.25, 0.3) is 0 Å². The Morgan fingerprint density at radius 1 is 1.47 bits per heavy atom. The third kappa shape index (κ3) is 3.71. The van der Waals surface area contributed by atoms with E-state index in [9.17, 15) is 4.79 Å². The minimum atomic E-state index is -0.151. The van der Waals surface area contributed by atoms with Gasteiger partial charge in [-0.05, 0) is 0 Å². The van der Waals surface area contributed by atoms with E-state index in [0.717, 1.165) is 0 Å². The quantitative estimate of drug-likeness (QED) is 0.574. The van der Waals surface area contributed by atoms with Crippen molar-refractivity contribution in [1.29, 1.82) is 0 Å². The summed E-state index contributed by atoms with van der Waals surface area (Å²) in [7, 11) is 3.34. The Hall–Kier alpha value is -1.99. The average Bonchev–Trinajstić information content (AvgIpc) is 2.58. The maximum atomic E-state index is 11.1. The number of nitrogens with zero attached hydrogens (tertiary/aromatic N) is 3. The van der Waals surface area contributed by atoms with E-state index < -0.39 is 0 Å². The predicted molar refractivity (Wildman–Crippen MR) is 54.3 cm³/mol. The van der Waals surface area contributed by atoms with Gasteiger partial charge in [-0.25, -0.2) is 4.79 Å². The first-order valence-corrected chi connectivity index (χ1v) is 4.37. The van der Waals surface area contributed by atoms with Crippen molar-refractivity contribution in [2.45, 2.75) is 0 Å². The number of hydrogen-bond donors (Lipinski definition) is 3. The van der Waals surface area contributed by atoms with Gasteiger partial charge in [0.15, 0.2) is 0 Å². The van der Waals surface area contributed by atoms with E-state index in [1.165, 1.54) is 4.90 Å². The molecule has 0 aliphatic heterocycles. The second kappa shape index (κ2) is 5.03. The van der Waals surface area contributed by atoms with E-state index in [-0.39, 0.29) is 18.1 Å². The number of rotatable bonds is 4. The van der Waals surface area contributed by atoms with Gasteiger partial charge in [-0.15, -0.1) is 0 Å². The Labute approximate surface area is 86.8 Å². The van der Waals surface area contributed by atoms with Gasteiger partial charge in [0.2, 0.25) is 0 Å². The van der Waals surface area contributed by atoms with Crippen molar-refractivity contribution in [3.63, 3.8) is 0 Å². The zero-order valence-corrected chi connectivity index (χ0v) is 8.65. The van der Waals surface area contributed by atoms with Crippen LogP contribution in [0.1, 0.15) is 0 Å². The summed E-state index contributed by atoms with van der Waals surface area (Å²) in [6.45, 7) is 0.945. The highest BCUT2D eigenvalue weighted by Crippen LogP contribution is 2.04. The van der Waals surface area contributed by atoms with Crippen molar-refractivity contribution >= 4 is 18.1 Å². The smallest absolute Gasteiger partial charge is 0.316 e. The first-order valence-electron chi connectivity index (χ1n) is 4.37. The van der Waals surface area contributed by atoms with E-state index in [4.69, 9.17) is 10.2 Å². The Kier molecular flexibility index (Phi) is 3.72. The topological polar surface area (TPSA) is 109 Å². The summed E-state index contributed by atoms with van der Waals surface area (Å²) < 4.78 is 4.86. The van der Waals surface area contributed by atoms with Crippen LogP contribution in [0, 0.1) is 0 Å². The van der Waals surface area contributed by atoms with Crippen LogP contribution in [0.2, 0.25) is 0 Å². The molecule has 1 rings (SSSR count). The van der Waals surface area contributed by atoms with Gasteiger partial charge in [0.05, 0.1) is 0 Å². The molecule has 15 heavy (non-hydrogen) atoms. The SMILES string of the molecule is CN(C)C(=O)NCCNc1nnc(N)o1. The summed E-state index contributed by atoms with van der Waals surface area (Å²) in [5, 5.41) is 12.5. The van der Waals surface area contributed by atoms with E-state index in [0.29, 0.717) is 13.1 Å². The molecule has 0 aliphatic carbocycles. The lowest BCUT2D eigenvalue weighted by molar-refractivity contribution is 0.218. The molecule has 0 unspecified atom stereocenters. The number of nitrogens with two attached hydrogens (primary N) is 1. The fourth-order valence-corrected chi connectivity index (χ4v) is 0.803. The number of amides is 2. The number of urea groups is 1. The van der Waals surface area contributed by atoms with Gasteiger partial charge in [-0.3, -0.25) is 0 Å². The summed E-state index contributed by atoms with van der Waals surface area (Å²) in [6.07, 6.45) is 0. The van der Waals surface area contributed by atoms with Crippen LogP contribution in [0.3, 0.4) is 0 Å². The number of carbonyl (C=O) groups is 1. The highest BCUT2D eigenvalue weighted by molar-refractivity contribution is 5.73. The molecule has 8 heteroatoms. The third-order valence-corrected chi connectivity index (χ3v) is 1.52. The van der Waals surface area contributed by atoms with Gasteiger partial charge in [-0.2, -0.15) is 0 Å². The number of anilines is 2. The second-order valence-electron chi connectivity index (χ2n) is 3.00. The minimum absolute atomic E-state index is 0.00910. The molecular formula is C7H14N6O2. The van der Waals surface area contributed by atoms with Crippen molar-refractivity contribution < 1.29 is 9.21 Å². The van der Waals surface area contributed by atoms with Gasteiger partial charge in [0, 0.05) is 27.2 Å². The van der Waals surface area contributed by atoms with E-state index in [2.05, 4.69) is 20.8 Å². The minimum Gasteiger partial charge on any atom is -0.390 e. The first-order chi connectivity index (χ1) is 7.09. The number of hydrogen-bond acceptors (Lipinski definition) is 6. The maximum Gasteiger partial charge on any atom is 0.316 e. The van der Waals surface area contributed by atoms with Crippen molar-refractivity contribution in [3.8, 4) is 0 Å². The Morgan fingerprint density at radius 2 is 2.20 bits per heavy atom. The molecule has 0 saturated heterocycles. The molecule has 0 atom stereocenters. The Bertz CT molecular complexity index is 323. The highest BCUT2D eigenvalue weighted by atomic mass is 16.4. The molecule has 1 heterocycles. The molecule has 2 amide bonds. The lowest BCUT2D eigenvalue weighted by Gasteiger charge is -2.11. The zero-order chi connectivity index (χ0) is 11.3. The summed E-state index contributed by atoms with van der Waals surface area (Å²) >= 11 is 0. The van der Waals surface area contributed by atoms with Gasteiger partial charge >= 0.3 is 18.1 Å². The lowest BCUT2D eigenvalue weighted by Crippen LogP contribution is -2.37. The van der Waals surface area contributed by atoms with Crippen molar-refractivity contribution in [3.05, 3.63) is 0 Å². The highest BCUT2D eigenvalue weighted by Gasteiger charge is 2.03. The largest absolute Gasteiger partial charge is 0.390 e. The molecule has 0 spiro atoms. The first kappa shape index (κ1) is 11.1. The van der Waals surface area contributed by atoms with Gasteiger partial charge in [0.1, 0.15) is 0 Å². The standard InChI is InChI=1S/C7H14N6O2/c1-13(2)7(14)10-4-3-9-6-12-11-5(8)15-6/h3-4H2,1-2H3,(H2,8,11)(H,9,12)(H,10,14). The monoisotopic (exact) mass is 214 g/mol. The molecule has 8 nitrogen and oxygen atoms in total. The second-order valence-corrected chi connectivity index (χ2v) is 3.00. The van der Waals surface area contributed by atoms with Crippen LogP contribution in [-0.2, 0) is 0 Å². The summed E-state index contributed by atoms with van der Waals surface area (Å²) in [4.78, 5) is 12.5. The van der Waals surface area contributed by atoms with E-state index in [1.807, 2.05) is 0 Å². The van der Waals surface area contributed by atoms with Gasteiger partial charge in [-0.1, -0.05) is 10.2 Å². The molecule has 1 aromatic heterocycles. The van der Waals surface area contributed by atoms with Crippen LogP contribution in [0.15, 0.2) is 4.42 Å². The molecule has 0 aromatic carbocycles. The molecule has 4 N–H and O–H groups in total. The predicted octanol–water partition coefficient (Wildman–Crippen LogP) is -0.665. The van der Waals surface area contributed by atoms with E-state index >= 15 is 0 Å².